The summed E-state index contributed by atoms with van der Waals surface area (Å²) in [5.41, 5.74) is 4.56. The normalized spacial score (nSPS) is 10.9. The molecule has 0 unspecified atom stereocenters. The van der Waals surface area contributed by atoms with E-state index >= 15 is 0 Å². The molecule has 0 aliphatic rings. The summed E-state index contributed by atoms with van der Waals surface area (Å²) in [4.78, 5) is 12.5. The summed E-state index contributed by atoms with van der Waals surface area (Å²) in [7, 11) is 0. The molecule has 8 heteroatoms. The van der Waals surface area contributed by atoms with E-state index in [1.54, 1.807) is 17.1 Å². The van der Waals surface area contributed by atoms with Gasteiger partial charge < -0.3 is 4.74 Å². The number of ether oxygens (including phenoxy) is 1. The van der Waals surface area contributed by atoms with Crippen molar-refractivity contribution in [3.63, 3.8) is 0 Å². The topological polar surface area (TPSA) is 68.5 Å². The van der Waals surface area contributed by atoms with E-state index in [0.29, 0.717) is 21.8 Å². The van der Waals surface area contributed by atoms with Crippen molar-refractivity contribution >= 4 is 39.7 Å². The third-order valence-electron chi connectivity index (χ3n) is 4.41. The predicted molar refractivity (Wildman–Crippen MR) is 128 cm³/mol. The fourth-order valence-electron chi connectivity index (χ4n) is 2.91. The molecule has 6 nitrogen and oxygen atoms in total. The highest BCUT2D eigenvalue weighted by Gasteiger charge is 2.15. The number of nitrogens with zero attached hydrogens (tertiary/aromatic N) is 3. The Morgan fingerprint density at radius 3 is 2.59 bits per heavy atom. The fraction of sp³-hybridized carbons (Fsp3) is 0.0417. The zero-order valence-corrected chi connectivity index (χ0v) is 19.1. The monoisotopic (exact) mass is 508 g/mol. The van der Waals surface area contributed by atoms with Crippen LogP contribution in [0.15, 0.2) is 94.6 Å². The zero-order chi connectivity index (χ0) is 22.3. The van der Waals surface area contributed by atoms with Gasteiger partial charge in [0.15, 0.2) is 5.69 Å². The maximum absolute atomic E-state index is 12.5. The van der Waals surface area contributed by atoms with Gasteiger partial charge in [-0.15, -0.1) is 0 Å². The number of benzene rings is 3. The molecule has 3 aromatic carbocycles. The minimum Gasteiger partial charge on any atom is -0.457 e. The Hall–Kier alpha value is -3.42. The van der Waals surface area contributed by atoms with Crippen molar-refractivity contribution in [3.8, 4) is 11.5 Å². The van der Waals surface area contributed by atoms with Gasteiger partial charge in [-0.3, -0.25) is 9.48 Å². The van der Waals surface area contributed by atoms with Gasteiger partial charge in [-0.25, -0.2) is 5.43 Å². The van der Waals surface area contributed by atoms with E-state index in [4.69, 9.17) is 16.3 Å². The predicted octanol–water partition coefficient (Wildman–Crippen LogP) is 5.90. The molecule has 0 aliphatic heterocycles. The fourth-order valence-corrected chi connectivity index (χ4v) is 3.53. The van der Waals surface area contributed by atoms with Crippen LogP contribution in [0.1, 0.15) is 21.6 Å². The quantitative estimate of drug-likeness (QED) is 0.249. The molecule has 32 heavy (non-hydrogen) atoms. The average Bonchev–Trinajstić information content (AvgIpc) is 3.16. The number of aromatic nitrogens is 2. The Balaban J connectivity index is 1.38. The van der Waals surface area contributed by atoms with Crippen molar-refractivity contribution in [2.45, 2.75) is 6.54 Å². The molecule has 0 saturated carbocycles. The lowest BCUT2D eigenvalue weighted by atomic mass is 10.2. The van der Waals surface area contributed by atoms with E-state index in [1.165, 1.54) is 0 Å². The van der Waals surface area contributed by atoms with Crippen molar-refractivity contribution in [2.24, 2.45) is 5.10 Å². The summed E-state index contributed by atoms with van der Waals surface area (Å²) in [5, 5.41) is 9.06. The Morgan fingerprint density at radius 1 is 1.06 bits per heavy atom. The van der Waals surface area contributed by atoms with Gasteiger partial charge in [-0.1, -0.05) is 54.1 Å². The maximum Gasteiger partial charge on any atom is 0.293 e. The number of carbonyl (C=O) groups is 1. The second kappa shape index (κ2) is 10.3. The summed E-state index contributed by atoms with van der Waals surface area (Å²) in [6.07, 6.45) is 3.30. The zero-order valence-electron chi connectivity index (χ0n) is 16.8. The van der Waals surface area contributed by atoms with E-state index in [9.17, 15) is 4.79 Å². The molecule has 0 saturated heterocycles. The molecule has 0 aliphatic carbocycles. The third-order valence-corrected chi connectivity index (χ3v) is 5.24. The van der Waals surface area contributed by atoms with Crippen molar-refractivity contribution < 1.29 is 9.53 Å². The molecule has 0 radical (unpaired) electrons. The van der Waals surface area contributed by atoms with E-state index < -0.39 is 5.91 Å². The number of rotatable bonds is 7. The van der Waals surface area contributed by atoms with E-state index in [-0.39, 0.29) is 5.69 Å². The van der Waals surface area contributed by atoms with Crippen LogP contribution in [0.4, 0.5) is 0 Å². The molecule has 0 atom stereocenters. The molecule has 4 rings (SSSR count). The first-order valence-corrected chi connectivity index (χ1v) is 10.9. The molecule has 1 aromatic heterocycles. The molecule has 0 spiro atoms. The van der Waals surface area contributed by atoms with Crippen LogP contribution in [-0.2, 0) is 6.54 Å². The van der Waals surface area contributed by atoms with Crippen molar-refractivity contribution in [1.82, 2.24) is 15.2 Å². The van der Waals surface area contributed by atoms with Gasteiger partial charge in [0.25, 0.3) is 5.91 Å². The number of hydrogen-bond donors (Lipinski definition) is 1. The average molecular weight is 510 g/mol. The third kappa shape index (κ3) is 5.84. The minimum atomic E-state index is -0.417. The van der Waals surface area contributed by atoms with Crippen LogP contribution >= 0.6 is 27.5 Å². The molecule has 160 valence electrons. The number of para-hydroxylation sites is 1. The van der Waals surface area contributed by atoms with Gasteiger partial charge >= 0.3 is 0 Å². The minimum absolute atomic E-state index is 0.247. The van der Waals surface area contributed by atoms with E-state index in [1.807, 2.05) is 78.9 Å². The lowest BCUT2D eigenvalue weighted by Gasteiger charge is -2.05. The van der Waals surface area contributed by atoms with Crippen molar-refractivity contribution in [2.75, 3.05) is 0 Å². The first-order chi connectivity index (χ1) is 15.6. The summed E-state index contributed by atoms with van der Waals surface area (Å²) in [6.45, 7) is 0.514. The van der Waals surface area contributed by atoms with E-state index in [0.717, 1.165) is 16.9 Å². The number of hydrogen-bond acceptors (Lipinski definition) is 4. The van der Waals surface area contributed by atoms with Crippen LogP contribution in [0, 0.1) is 0 Å². The van der Waals surface area contributed by atoms with Gasteiger partial charge in [-0.05, 0) is 63.5 Å². The van der Waals surface area contributed by atoms with Crippen LogP contribution in [-0.4, -0.2) is 21.9 Å². The van der Waals surface area contributed by atoms with Gasteiger partial charge in [0.2, 0.25) is 0 Å². The maximum atomic E-state index is 12.5. The molecule has 0 fully saturated rings. The Kier molecular flexibility index (Phi) is 6.99. The van der Waals surface area contributed by atoms with Gasteiger partial charge in [0, 0.05) is 11.2 Å². The van der Waals surface area contributed by atoms with Crippen LogP contribution in [0.5, 0.6) is 11.5 Å². The van der Waals surface area contributed by atoms with Crippen LogP contribution in [0.25, 0.3) is 0 Å². The largest absolute Gasteiger partial charge is 0.457 e. The summed E-state index contributed by atoms with van der Waals surface area (Å²) in [6, 6.07) is 24.4. The molecule has 1 amide bonds. The Bertz CT molecular complexity index is 1240. The molecular formula is C24H18BrClN4O2. The molecule has 0 bridgehead atoms. The van der Waals surface area contributed by atoms with Crippen LogP contribution in [0.3, 0.4) is 0 Å². The summed E-state index contributed by atoms with van der Waals surface area (Å²) >= 11 is 9.31. The molecular weight excluding hydrogens is 492 g/mol. The van der Waals surface area contributed by atoms with Crippen molar-refractivity contribution in [3.05, 3.63) is 111 Å². The number of halogens is 2. The smallest absolute Gasteiger partial charge is 0.293 e. The van der Waals surface area contributed by atoms with Gasteiger partial charge in [0.1, 0.15) is 11.5 Å². The molecule has 1 N–H and O–H groups in total. The lowest BCUT2D eigenvalue weighted by Crippen LogP contribution is -2.19. The van der Waals surface area contributed by atoms with Crippen LogP contribution in [0.2, 0.25) is 5.02 Å². The highest BCUT2D eigenvalue weighted by Crippen LogP contribution is 2.21. The lowest BCUT2D eigenvalue weighted by molar-refractivity contribution is 0.0948. The molecule has 1 heterocycles. The highest BCUT2D eigenvalue weighted by molar-refractivity contribution is 9.10. The first kappa shape index (κ1) is 21.8. The Morgan fingerprint density at radius 2 is 1.81 bits per heavy atom. The number of hydrazone groups is 1. The second-order valence-corrected chi connectivity index (χ2v) is 8.13. The number of nitrogens with one attached hydrogen (secondary N) is 1. The van der Waals surface area contributed by atoms with E-state index in [2.05, 4.69) is 31.6 Å². The van der Waals surface area contributed by atoms with Gasteiger partial charge in [-0.2, -0.15) is 10.2 Å². The summed E-state index contributed by atoms with van der Waals surface area (Å²) < 4.78 is 8.07. The van der Waals surface area contributed by atoms with Gasteiger partial charge in [0.05, 0.1) is 17.2 Å². The standard InChI is InChI=1S/C24H18BrClN4O2/c25-22-16-30(15-17-9-11-19(26)12-10-17)29-23(22)24(31)28-27-14-18-5-4-8-21(13-18)32-20-6-2-1-3-7-20/h1-14,16H,15H2,(H,28,31)/b27-14+. The number of amides is 1. The highest BCUT2D eigenvalue weighted by atomic mass is 79.9. The summed E-state index contributed by atoms with van der Waals surface area (Å²) in [5.74, 6) is 1.00. The number of carbonyl (C=O) groups excluding carboxylic acids is 1. The first-order valence-electron chi connectivity index (χ1n) is 9.70. The second-order valence-electron chi connectivity index (χ2n) is 6.84. The Labute approximate surface area is 198 Å². The SMILES string of the molecule is O=C(N/N=C/c1cccc(Oc2ccccc2)c1)c1nn(Cc2ccc(Cl)cc2)cc1Br. The molecule has 4 aromatic rings. The van der Waals surface area contributed by atoms with Crippen LogP contribution < -0.4 is 10.2 Å². The van der Waals surface area contributed by atoms with Crippen molar-refractivity contribution in [1.29, 1.82) is 0 Å².